The molecule has 8 nitrogen and oxygen atoms in total. The highest BCUT2D eigenvalue weighted by Gasteiger charge is 2.21. The second-order valence-corrected chi connectivity index (χ2v) is 9.18. The van der Waals surface area contributed by atoms with Crippen LogP contribution in [0, 0.1) is 13.8 Å². The van der Waals surface area contributed by atoms with Crippen LogP contribution in [0.15, 0.2) is 76.9 Å². The highest BCUT2D eigenvalue weighted by Crippen LogP contribution is 2.31. The van der Waals surface area contributed by atoms with E-state index in [0.29, 0.717) is 16.7 Å². The number of H-pyrrole nitrogens is 1. The molecule has 1 aromatic heterocycles. The normalized spacial score (nSPS) is 11.6. The molecule has 4 rings (SSSR count). The topological polar surface area (TPSA) is 110 Å². The number of aryl methyl sites for hydroxylation is 2. The van der Waals surface area contributed by atoms with Crippen LogP contribution in [0.1, 0.15) is 27.0 Å². The quantitative estimate of drug-likeness (QED) is 0.234. The average molecular weight is 478 g/mol. The second kappa shape index (κ2) is 9.40. The molecule has 0 aliphatic carbocycles. The third-order valence-corrected chi connectivity index (χ3v) is 6.59. The van der Waals surface area contributed by atoms with Crippen LogP contribution in [0.3, 0.4) is 0 Å². The molecule has 0 bridgehead atoms. The monoisotopic (exact) mass is 477 g/mol. The number of amides is 1. The van der Waals surface area contributed by atoms with Crippen LogP contribution in [0.5, 0.6) is 11.5 Å². The Labute approximate surface area is 197 Å². The van der Waals surface area contributed by atoms with E-state index in [2.05, 4.69) is 15.5 Å². The minimum absolute atomic E-state index is 0.0448. The van der Waals surface area contributed by atoms with Crippen molar-refractivity contribution in [3.8, 4) is 11.5 Å². The third kappa shape index (κ3) is 4.79. The first-order valence-corrected chi connectivity index (χ1v) is 11.8. The summed E-state index contributed by atoms with van der Waals surface area (Å²) in [7, 11) is -2.65. The largest absolute Gasteiger partial charge is 0.493 e. The Morgan fingerprint density at radius 1 is 1.03 bits per heavy atom. The SMILES string of the molecule is COc1cc(/C=N\NC(=O)c2c[nH]c3ccccc23)ccc1OS(=O)(=O)c1cc(C)ccc1C. The Morgan fingerprint density at radius 2 is 1.82 bits per heavy atom. The standard InChI is InChI=1S/C25H23N3O5S/c1-16-8-9-17(2)24(12-16)34(30,31)33-22-11-10-18(13-23(22)32-3)14-27-28-25(29)20-15-26-21-7-5-4-6-19(20)21/h4-15,26H,1-3H3,(H,28,29)/b27-14-. The number of nitrogens with one attached hydrogen (secondary N) is 2. The van der Waals surface area contributed by atoms with Crippen molar-refractivity contribution >= 4 is 33.1 Å². The molecule has 0 atom stereocenters. The number of hydrogen-bond acceptors (Lipinski definition) is 6. The summed E-state index contributed by atoms with van der Waals surface area (Å²) in [5, 5.41) is 4.79. The molecule has 9 heteroatoms. The van der Waals surface area contributed by atoms with Gasteiger partial charge < -0.3 is 13.9 Å². The van der Waals surface area contributed by atoms with Gasteiger partial charge in [0.05, 0.1) is 18.9 Å². The van der Waals surface area contributed by atoms with Crippen LogP contribution < -0.4 is 14.3 Å². The van der Waals surface area contributed by atoms with Gasteiger partial charge in [0.2, 0.25) is 0 Å². The molecule has 34 heavy (non-hydrogen) atoms. The lowest BCUT2D eigenvalue weighted by Crippen LogP contribution is -2.17. The van der Waals surface area contributed by atoms with E-state index in [-0.39, 0.29) is 22.3 Å². The first-order chi connectivity index (χ1) is 16.3. The van der Waals surface area contributed by atoms with Crippen molar-refractivity contribution < 1.29 is 22.1 Å². The van der Waals surface area contributed by atoms with E-state index in [0.717, 1.165) is 16.5 Å². The number of nitrogens with zero attached hydrogens (tertiary/aromatic N) is 1. The number of rotatable bonds is 7. The smallest absolute Gasteiger partial charge is 0.339 e. The number of para-hydroxylation sites is 1. The van der Waals surface area contributed by atoms with E-state index in [9.17, 15) is 13.2 Å². The Kier molecular flexibility index (Phi) is 6.38. The fraction of sp³-hybridized carbons (Fsp3) is 0.120. The first-order valence-electron chi connectivity index (χ1n) is 10.4. The molecular weight excluding hydrogens is 454 g/mol. The molecule has 0 aliphatic rings. The Morgan fingerprint density at radius 3 is 2.62 bits per heavy atom. The van der Waals surface area contributed by atoms with Crippen molar-refractivity contribution in [2.45, 2.75) is 18.7 Å². The molecule has 4 aromatic rings. The number of hydrazone groups is 1. The molecule has 0 radical (unpaired) electrons. The summed E-state index contributed by atoms with van der Waals surface area (Å²) >= 11 is 0. The Hall–Kier alpha value is -4.11. The zero-order valence-corrected chi connectivity index (χ0v) is 19.6. The molecule has 2 N–H and O–H groups in total. The van der Waals surface area contributed by atoms with Crippen molar-refractivity contribution in [3.63, 3.8) is 0 Å². The highest BCUT2D eigenvalue weighted by atomic mass is 32.2. The van der Waals surface area contributed by atoms with Gasteiger partial charge in [0.15, 0.2) is 11.5 Å². The van der Waals surface area contributed by atoms with E-state index < -0.39 is 10.1 Å². The number of carbonyl (C=O) groups excluding carboxylic acids is 1. The van der Waals surface area contributed by atoms with E-state index in [1.807, 2.05) is 37.3 Å². The van der Waals surface area contributed by atoms with Gasteiger partial charge in [0.1, 0.15) is 4.90 Å². The van der Waals surface area contributed by atoms with Gasteiger partial charge in [-0.3, -0.25) is 4.79 Å². The molecule has 0 saturated heterocycles. The number of fused-ring (bicyclic) bond motifs is 1. The molecular formula is C25H23N3O5S. The molecule has 0 unspecified atom stereocenters. The van der Waals surface area contributed by atoms with Gasteiger partial charge in [0.25, 0.3) is 5.91 Å². The van der Waals surface area contributed by atoms with E-state index >= 15 is 0 Å². The van der Waals surface area contributed by atoms with Crippen LogP contribution >= 0.6 is 0 Å². The summed E-state index contributed by atoms with van der Waals surface area (Å²) in [6.07, 6.45) is 3.05. The molecule has 0 spiro atoms. The van der Waals surface area contributed by atoms with Crippen LogP contribution in [-0.4, -0.2) is 32.6 Å². The fourth-order valence-electron chi connectivity index (χ4n) is 3.46. The number of aromatic amines is 1. The zero-order chi connectivity index (χ0) is 24.3. The molecule has 174 valence electrons. The lowest BCUT2D eigenvalue weighted by atomic mass is 10.2. The molecule has 0 fully saturated rings. The van der Waals surface area contributed by atoms with Gasteiger partial charge >= 0.3 is 10.1 Å². The number of carbonyl (C=O) groups is 1. The van der Waals surface area contributed by atoms with Crippen molar-refractivity contribution in [1.82, 2.24) is 10.4 Å². The average Bonchev–Trinajstić information content (AvgIpc) is 3.25. The van der Waals surface area contributed by atoms with Gasteiger partial charge in [-0.1, -0.05) is 30.3 Å². The van der Waals surface area contributed by atoms with Gasteiger partial charge in [-0.15, -0.1) is 0 Å². The maximum atomic E-state index is 12.8. The highest BCUT2D eigenvalue weighted by molar-refractivity contribution is 7.87. The lowest BCUT2D eigenvalue weighted by molar-refractivity contribution is 0.0957. The minimum Gasteiger partial charge on any atom is -0.493 e. The van der Waals surface area contributed by atoms with E-state index in [1.165, 1.54) is 19.4 Å². The summed E-state index contributed by atoms with van der Waals surface area (Å²) in [5.74, 6) is -0.107. The van der Waals surface area contributed by atoms with Crippen LogP contribution in [0.4, 0.5) is 0 Å². The minimum atomic E-state index is -4.06. The van der Waals surface area contributed by atoms with Gasteiger partial charge in [-0.2, -0.15) is 13.5 Å². The summed E-state index contributed by atoms with van der Waals surface area (Å²) in [5.41, 5.74) is 5.79. The van der Waals surface area contributed by atoms with Crippen molar-refractivity contribution in [2.24, 2.45) is 5.10 Å². The molecule has 0 saturated carbocycles. The summed E-state index contributed by atoms with van der Waals surface area (Å²) in [6, 6.07) is 17.2. The van der Waals surface area contributed by atoms with E-state index in [4.69, 9.17) is 8.92 Å². The number of ether oxygens (including phenoxy) is 1. The number of hydrogen-bond donors (Lipinski definition) is 2. The molecule has 1 amide bonds. The van der Waals surface area contributed by atoms with Crippen LogP contribution in [0.2, 0.25) is 0 Å². The zero-order valence-electron chi connectivity index (χ0n) is 18.8. The van der Waals surface area contributed by atoms with Gasteiger partial charge in [-0.05, 0) is 60.9 Å². The van der Waals surface area contributed by atoms with Crippen molar-refractivity contribution in [2.75, 3.05) is 7.11 Å². The maximum absolute atomic E-state index is 12.8. The molecule has 0 aliphatic heterocycles. The molecule has 1 heterocycles. The Balaban J connectivity index is 1.50. The van der Waals surface area contributed by atoms with Crippen LogP contribution in [0.25, 0.3) is 10.9 Å². The van der Waals surface area contributed by atoms with Crippen LogP contribution in [-0.2, 0) is 10.1 Å². The predicted molar refractivity (Wildman–Crippen MR) is 130 cm³/mol. The number of methoxy groups -OCH3 is 1. The lowest BCUT2D eigenvalue weighted by Gasteiger charge is -2.13. The summed E-state index contributed by atoms with van der Waals surface area (Å²) in [6.45, 7) is 3.52. The van der Waals surface area contributed by atoms with Crippen molar-refractivity contribution in [1.29, 1.82) is 0 Å². The maximum Gasteiger partial charge on any atom is 0.339 e. The summed E-state index contributed by atoms with van der Waals surface area (Å²) < 4.78 is 36.3. The van der Waals surface area contributed by atoms with E-state index in [1.54, 1.807) is 37.4 Å². The summed E-state index contributed by atoms with van der Waals surface area (Å²) in [4.78, 5) is 15.6. The van der Waals surface area contributed by atoms with Gasteiger partial charge in [-0.25, -0.2) is 5.43 Å². The fourth-order valence-corrected chi connectivity index (χ4v) is 4.71. The molecule has 3 aromatic carbocycles. The predicted octanol–water partition coefficient (Wildman–Crippen LogP) is 4.32. The third-order valence-electron chi connectivity index (χ3n) is 5.21. The van der Waals surface area contributed by atoms with Gasteiger partial charge in [0, 0.05) is 17.1 Å². The number of benzene rings is 3. The first kappa shape index (κ1) is 23.1. The number of aromatic nitrogens is 1. The van der Waals surface area contributed by atoms with Crippen molar-refractivity contribution in [3.05, 3.63) is 89.1 Å². The Bertz CT molecular complexity index is 1510. The second-order valence-electron chi connectivity index (χ2n) is 7.66.